The molecule has 0 aliphatic rings. The second kappa shape index (κ2) is 9.61. The summed E-state index contributed by atoms with van der Waals surface area (Å²) in [6.45, 7) is 7.20. The maximum Gasteiger partial charge on any atom is 0.537 e. The van der Waals surface area contributed by atoms with E-state index in [2.05, 4.69) is 0 Å². The number of hydrogen-bond donors (Lipinski definition) is 1. The molecule has 0 radical (unpaired) electrons. The van der Waals surface area contributed by atoms with E-state index < -0.39 is 8.80 Å². The molecule has 0 saturated carbocycles. The minimum Gasteiger partial charge on any atom is -0.370 e. The highest BCUT2D eigenvalue weighted by Crippen LogP contribution is 2.16. The van der Waals surface area contributed by atoms with Crippen molar-refractivity contribution in [3.63, 3.8) is 0 Å². The molecule has 0 heterocycles. The average molecular weight is 375 g/mol. The Morgan fingerprint density at radius 3 is 1.85 bits per heavy atom. The van der Waals surface area contributed by atoms with Crippen molar-refractivity contribution in [3.05, 3.63) is 60.2 Å². The van der Waals surface area contributed by atoms with Crippen LogP contribution in [0.2, 0.25) is 0 Å². The molecule has 0 atom stereocenters. The highest BCUT2D eigenvalue weighted by molar-refractivity contribution is 6.75. The van der Waals surface area contributed by atoms with E-state index in [1.165, 1.54) is 0 Å². The van der Waals surface area contributed by atoms with E-state index in [9.17, 15) is 4.79 Å². The zero-order valence-electron chi connectivity index (χ0n) is 15.5. The fourth-order valence-electron chi connectivity index (χ4n) is 2.61. The lowest BCUT2D eigenvalue weighted by Crippen LogP contribution is -2.56. The van der Waals surface area contributed by atoms with Gasteiger partial charge in [0.05, 0.1) is 5.69 Å². The van der Waals surface area contributed by atoms with Gasteiger partial charge in [0.2, 0.25) is 0 Å². The predicted octanol–water partition coefficient (Wildman–Crippen LogP) is 2.46. The SMILES string of the molecule is CCO[Si](OCC)(OCC)c1ccc(N(N)C(=O)c2ccccc2)cc1. The summed E-state index contributed by atoms with van der Waals surface area (Å²) in [6.07, 6.45) is 0. The third-order valence-electron chi connectivity index (χ3n) is 3.74. The number of carbonyl (C=O) groups excluding carboxylic acids is 1. The van der Waals surface area contributed by atoms with Gasteiger partial charge in [-0.05, 0) is 45.0 Å². The molecule has 0 fully saturated rings. The Morgan fingerprint density at radius 1 is 0.885 bits per heavy atom. The summed E-state index contributed by atoms with van der Waals surface area (Å²) in [5, 5.41) is 1.97. The van der Waals surface area contributed by atoms with E-state index in [1.54, 1.807) is 36.4 Å². The van der Waals surface area contributed by atoms with Gasteiger partial charge >= 0.3 is 8.80 Å². The number of anilines is 1. The minimum atomic E-state index is -2.96. The number of hydrazine groups is 1. The van der Waals surface area contributed by atoms with Crippen molar-refractivity contribution in [1.82, 2.24) is 0 Å². The molecule has 0 aliphatic heterocycles. The molecule has 140 valence electrons. The molecule has 0 aliphatic carbocycles. The largest absolute Gasteiger partial charge is 0.537 e. The lowest BCUT2D eigenvalue weighted by molar-refractivity contribution is 0.0859. The smallest absolute Gasteiger partial charge is 0.370 e. The highest BCUT2D eigenvalue weighted by atomic mass is 28.4. The van der Waals surface area contributed by atoms with E-state index in [0.717, 1.165) is 10.2 Å². The van der Waals surface area contributed by atoms with Crippen LogP contribution in [-0.2, 0) is 13.3 Å². The lowest BCUT2D eigenvalue weighted by atomic mass is 10.2. The van der Waals surface area contributed by atoms with E-state index in [4.69, 9.17) is 19.1 Å². The van der Waals surface area contributed by atoms with Crippen molar-refractivity contribution in [2.45, 2.75) is 20.8 Å². The van der Waals surface area contributed by atoms with Gasteiger partial charge in [-0.25, -0.2) is 10.9 Å². The number of nitrogens with two attached hydrogens (primary N) is 1. The summed E-state index contributed by atoms with van der Waals surface area (Å²) in [5.41, 5.74) is 1.11. The molecule has 2 N–H and O–H groups in total. The standard InChI is InChI=1S/C19H26N2O4Si/c1-4-23-26(24-5-2,25-6-3)18-14-12-17(13-15-18)21(20)19(22)16-10-8-7-9-11-16/h7-15H,4-6,20H2,1-3H3. The first-order chi connectivity index (χ1) is 12.6. The van der Waals surface area contributed by atoms with Gasteiger partial charge < -0.3 is 13.3 Å². The van der Waals surface area contributed by atoms with Gasteiger partial charge in [0, 0.05) is 30.6 Å². The summed E-state index contributed by atoms with van der Waals surface area (Å²) >= 11 is 0. The number of carbonyl (C=O) groups is 1. The zero-order valence-corrected chi connectivity index (χ0v) is 16.5. The van der Waals surface area contributed by atoms with E-state index >= 15 is 0 Å². The van der Waals surface area contributed by atoms with Gasteiger partial charge in [0.1, 0.15) is 0 Å². The van der Waals surface area contributed by atoms with Crippen LogP contribution in [0.15, 0.2) is 54.6 Å². The summed E-state index contributed by atoms with van der Waals surface area (Å²) in [5.74, 6) is 5.73. The summed E-state index contributed by atoms with van der Waals surface area (Å²) in [7, 11) is -2.96. The molecule has 0 unspecified atom stereocenters. The maximum absolute atomic E-state index is 12.5. The molecule has 0 bridgehead atoms. The van der Waals surface area contributed by atoms with Crippen LogP contribution in [-0.4, -0.2) is 34.5 Å². The first-order valence-corrected chi connectivity index (χ1v) is 10.5. The Labute approximate surface area is 155 Å². The van der Waals surface area contributed by atoms with Crippen LogP contribution in [0, 0.1) is 0 Å². The second-order valence-electron chi connectivity index (χ2n) is 5.44. The van der Waals surface area contributed by atoms with Crippen LogP contribution in [0.1, 0.15) is 31.1 Å². The summed E-state index contributed by atoms with van der Waals surface area (Å²) in [6, 6.07) is 16.2. The third-order valence-corrected chi connectivity index (χ3v) is 6.79. The minimum absolute atomic E-state index is 0.277. The summed E-state index contributed by atoms with van der Waals surface area (Å²) in [4.78, 5) is 12.5. The van der Waals surface area contributed by atoms with Gasteiger partial charge in [-0.1, -0.05) is 30.3 Å². The van der Waals surface area contributed by atoms with E-state index in [-0.39, 0.29) is 5.91 Å². The fraction of sp³-hybridized carbons (Fsp3) is 0.316. The Bertz CT molecular complexity index is 677. The van der Waals surface area contributed by atoms with Crippen molar-refractivity contribution in [2.24, 2.45) is 5.84 Å². The number of nitrogens with zero attached hydrogens (tertiary/aromatic N) is 1. The van der Waals surface area contributed by atoms with Crippen molar-refractivity contribution in [3.8, 4) is 0 Å². The zero-order chi connectivity index (χ0) is 19.0. The van der Waals surface area contributed by atoms with Crippen LogP contribution >= 0.6 is 0 Å². The molecule has 2 aromatic rings. The van der Waals surface area contributed by atoms with Crippen molar-refractivity contribution in [2.75, 3.05) is 24.8 Å². The fourth-order valence-corrected chi connectivity index (χ4v) is 5.07. The van der Waals surface area contributed by atoms with Crippen LogP contribution in [0.3, 0.4) is 0 Å². The highest BCUT2D eigenvalue weighted by Gasteiger charge is 2.43. The lowest BCUT2D eigenvalue weighted by Gasteiger charge is -2.29. The van der Waals surface area contributed by atoms with E-state index in [0.29, 0.717) is 31.1 Å². The van der Waals surface area contributed by atoms with E-state index in [1.807, 2.05) is 39.0 Å². The molecule has 2 rings (SSSR count). The monoisotopic (exact) mass is 374 g/mol. The van der Waals surface area contributed by atoms with Crippen LogP contribution in [0.5, 0.6) is 0 Å². The first-order valence-electron chi connectivity index (χ1n) is 8.74. The summed E-state index contributed by atoms with van der Waals surface area (Å²) < 4.78 is 17.7. The molecular weight excluding hydrogens is 348 g/mol. The quantitative estimate of drug-likeness (QED) is 0.316. The molecule has 0 aromatic heterocycles. The van der Waals surface area contributed by atoms with Gasteiger partial charge in [0.25, 0.3) is 5.91 Å². The average Bonchev–Trinajstić information content (AvgIpc) is 2.68. The molecule has 1 amide bonds. The molecule has 7 heteroatoms. The van der Waals surface area contributed by atoms with Crippen LogP contribution in [0.4, 0.5) is 5.69 Å². The van der Waals surface area contributed by atoms with Crippen LogP contribution < -0.4 is 16.0 Å². The van der Waals surface area contributed by atoms with Gasteiger partial charge in [-0.2, -0.15) is 0 Å². The number of rotatable bonds is 9. The van der Waals surface area contributed by atoms with Gasteiger partial charge in [-0.15, -0.1) is 0 Å². The predicted molar refractivity (Wildman–Crippen MR) is 104 cm³/mol. The Kier molecular flexibility index (Phi) is 7.49. The maximum atomic E-state index is 12.5. The van der Waals surface area contributed by atoms with Crippen molar-refractivity contribution in [1.29, 1.82) is 0 Å². The van der Waals surface area contributed by atoms with Gasteiger partial charge in [0.15, 0.2) is 0 Å². The Balaban J connectivity index is 2.26. The third kappa shape index (κ3) is 4.57. The molecule has 6 nitrogen and oxygen atoms in total. The topological polar surface area (TPSA) is 74.0 Å². The van der Waals surface area contributed by atoms with Crippen molar-refractivity contribution < 1.29 is 18.1 Å². The first kappa shape index (κ1) is 20.3. The van der Waals surface area contributed by atoms with Crippen molar-refractivity contribution >= 4 is 25.6 Å². The molecular formula is C19H26N2O4Si. The Morgan fingerprint density at radius 2 is 1.38 bits per heavy atom. The number of amides is 1. The second-order valence-corrected chi connectivity index (χ2v) is 8.00. The molecule has 0 spiro atoms. The Hall–Kier alpha value is -2.03. The van der Waals surface area contributed by atoms with Crippen LogP contribution in [0.25, 0.3) is 0 Å². The normalized spacial score (nSPS) is 11.4. The van der Waals surface area contributed by atoms with Gasteiger partial charge in [-0.3, -0.25) is 4.79 Å². The number of hydrogen-bond acceptors (Lipinski definition) is 5. The molecule has 0 saturated heterocycles. The number of benzene rings is 2. The molecule has 26 heavy (non-hydrogen) atoms. The molecule has 2 aromatic carbocycles.